The molecule has 0 saturated heterocycles. The number of nitrogens with two attached hydrogens (primary N) is 2. The Kier molecular flexibility index (Phi) is 5.46. The van der Waals surface area contributed by atoms with Gasteiger partial charge in [0.2, 0.25) is 10.0 Å². The summed E-state index contributed by atoms with van der Waals surface area (Å²) in [4.78, 5) is 0.0722. The van der Waals surface area contributed by atoms with Gasteiger partial charge in [-0.3, -0.25) is 5.41 Å². The van der Waals surface area contributed by atoms with Gasteiger partial charge in [-0.05, 0) is 52.2 Å². The van der Waals surface area contributed by atoms with Crippen molar-refractivity contribution < 1.29 is 13.2 Å². The lowest BCUT2D eigenvalue weighted by molar-refractivity contribution is 0.306. The molecule has 0 amide bonds. The molecule has 4 rings (SSSR count). The average Bonchev–Trinajstić information content (AvgIpc) is 2.76. The molecular weight excluding hydrogens is 410 g/mol. The number of hydrogen-bond acceptors (Lipinski definition) is 4. The normalized spacial score (nSPS) is 11.4. The molecule has 4 aromatic carbocycles. The molecule has 4 aromatic rings. The van der Waals surface area contributed by atoms with Gasteiger partial charge in [0.15, 0.2) is 0 Å². The van der Waals surface area contributed by atoms with E-state index in [4.69, 9.17) is 21.0 Å². The van der Waals surface area contributed by atoms with Gasteiger partial charge in [-0.15, -0.1) is 0 Å². The summed E-state index contributed by atoms with van der Waals surface area (Å²) in [6.45, 7) is 0.334. The third-order valence-electron chi connectivity index (χ3n) is 4.96. The highest BCUT2D eigenvalue weighted by Gasteiger charge is 2.14. The van der Waals surface area contributed by atoms with Crippen LogP contribution in [-0.4, -0.2) is 14.3 Å². The molecule has 31 heavy (non-hydrogen) atoms. The minimum absolute atomic E-state index is 0.0279. The number of amidine groups is 1. The molecule has 7 heteroatoms. The van der Waals surface area contributed by atoms with Crippen molar-refractivity contribution in [2.45, 2.75) is 11.5 Å². The second-order valence-electron chi connectivity index (χ2n) is 7.17. The molecule has 0 heterocycles. The van der Waals surface area contributed by atoms with Crippen LogP contribution < -0.4 is 15.6 Å². The van der Waals surface area contributed by atoms with Gasteiger partial charge >= 0.3 is 0 Å². The fraction of sp³-hybridized carbons (Fsp3) is 0.0417. The van der Waals surface area contributed by atoms with E-state index in [1.54, 1.807) is 24.3 Å². The maximum atomic E-state index is 11.9. The Hall–Kier alpha value is -3.68. The summed E-state index contributed by atoms with van der Waals surface area (Å²) >= 11 is 0. The van der Waals surface area contributed by atoms with E-state index in [9.17, 15) is 8.42 Å². The van der Waals surface area contributed by atoms with Gasteiger partial charge in [-0.1, -0.05) is 54.6 Å². The minimum atomic E-state index is -3.85. The molecule has 0 atom stereocenters. The van der Waals surface area contributed by atoms with Crippen LogP contribution in [0.15, 0.2) is 89.8 Å². The zero-order chi connectivity index (χ0) is 22.0. The molecule has 0 radical (unpaired) electrons. The monoisotopic (exact) mass is 431 g/mol. The van der Waals surface area contributed by atoms with Crippen LogP contribution >= 0.6 is 0 Å². The average molecular weight is 432 g/mol. The Morgan fingerprint density at radius 1 is 0.871 bits per heavy atom. The smallest absolute Gasteiger partial charge is 0.238 e. The largest absolute Gasteiger partial charge is 0.489 e. The highest BCUT2D eigenvalue weighted by molar-refractivity contribution is 7.89. The predicted molar refractivity (Wildman–Crippen MR) is 123 cm³/mol. The summed E-state index contributed by atoms with van der Waals surface area (Å²) in [6, 6.07) is 25.5. The fourth-order valence-electron chi connectivity index (χ4n) is 3.43. The molecule has 0 aliphatic carbocycles. The number of benzene rings is 4. The van der Waals surface area contributed by atoms with E-state index >= 15 is 0 Å². The molecule has 156 valence electrons. The van der Waals surface area contributed by atoms with E-state index in [-0.39, 0.29) is 10.7 Å². The lowest BCUT2D eigenvalue weighted by Crippen LogP contribution is -2.13. The van der Waals surface area contributed by atoms with E-state index in [0.717, 1.165) is 16.3 Å². The third kappa shape index (κ3) is 4.58. The van der Waals surface area contributed by atoms with Crippen molar-refractivity contribution in [1.29, 1.82) is 5.41 Å². The van der Waals surface area contributed by atoms with Gasteiger partial charge < -0.3 is 10.5 Å². The van der Waals surface area contributed by atoms with E-state index < -0.39 is 10.0 Å². The van der Waals surface area contributed by atoms with Crippen LogP contribution in [0.25, 0.3) is 21.9 Å². The summed E-state index contributed by atoms with van der Waals surface area (Å²) in [5.41, 5.74) is 8.45. The van der Waals surface area contributed by atoms with E-state index in [0.29, 0.717) is 29.0 Å². The second kappa shape index (κ2) is 8.22. The number of hydrogen-bond donors (Lipinski definition) is 3. The minimum Gasteiger partial charge on any atom is -0.489 e. The van der Waals surface area contributed by atoms with Crippen molar-refractivity contribution in [3.63, 3.8) is 0 Å². The molecule has 0 aliphatic rings. The van der Waals surface area contributed by atoms with Gasteiger partial charge in [-0.2, -0.15) is 0 Å². The topological polar surface area (TPSA) is 119 Å². The molecule has 0 saturated carbocycles. The number of sulfonamides is 1. The number of ether oxygens (including phenoxy) is 1. The Balaban J connectivity index is 1.59. The van der Waals surface area contributed by atoms with Crippen molar-refractivity contribution in [2.75, 3.05) is 0 Å². The summed E-state index contributed by atoms with van der Waals surface area (Å²) in [6.07, 6.45) is 0. The van der Waals surface area contributed by atoms with E-state index in [1.165, 1.54) is 6.07 Å². The van der Waals surface area contributed by atoms with Gasteiger partial charge in [0.25, 0.3) is 0 Å². The highest BCUT2D eigenvalue weighted by Crippen LogP contribution is 2.29. The fourth-order valence-corrected chi connectivity index (χ4v) is 4.19. The zero-order valence-electron chi connectivity index (χ0n) is 16.6. The number of fused-ring (bicyclic) bond motifs is 1. The van der Waals surface area contributed by atoms with Crippen LogP contribution in [0.3, 0.4) is 0 Å². The van der Waals surface area contributed by atoms with Gasteiger partial charge in [0, 0.05) is 11.1 Å². The molecule has 0 fully saturated rings. The molecule has 6 nitrogen and oxygen atoms in total. The van der Waals surface area contributed by atoms with Crippen molar-refractivity contribution >= 4 is 26.6 Å². The Labute approximate surface area is 180 Å². The van der Waals surface area contributed by atoms with Crippen molar-refractivity contribution in [3.05, 3.63) is 96.1 Å². The maximum Gasteiger partial charge on any atom is 0.238 e. The molecule has 0 aliphatic heterocycles. The summed E-state index contributed by atoms with van der Waals surface area (Å²) < 4.78 is 29.8. The quantitative estimate of drug-likeness (QED) is 0.315. The first-order valence-corrected chi connectivity index (χ1v) is 11.1. The van der Waals surface area contributed by atoms with E-state index in [2.05, 4.69) is 0 Å². The van der Waals surface area contributed by atoms with Crippen LogP contribution in [0.2, 0.25) is 0 Å². The number of rotatable bonds is 6. The zero-order valence-corrected chi connectivity index (χ0v) is 17.4. The van der Waals surface area contributed by atoms with Crippen LogP contribution in [0.5, 0.6) is 5.75 Å². The van der Waals surface area contributed by atoms with Crippen LogP contribution in [-0.2, 0) is 16.6 Å². The maximum absolute atomic E-state index is 11.9. The van der Waals surface area contributed by atoms with Crippen molar-refractivity contribution in [2.24, 2.45) is 10.9 Å². The van der Waals surface area contributed by atoms with Gasteiger partial charge in [-0.25, -0.2) is 13.6 Å². The molecular formula is C24H21N3O3S. The van der Waals surface area contributed by atoms with Gasteiger partial charge in [0.05, 0.1) is 4.90 Å². The first-order valence-electron chi connectivity index (χ1n) is 9.53. The van der Waals surface area contributed by atoms with Crippen molar-refractivity contribution in [3.8, 4) is 16.9 Å². The molecule has 0 spiro atoms. The summed E-state index contributed by atoms with van der Waals surface area (Å²) in [5, 5.41) is 15.0. The van der Waals surface area contributed by atoms with Gasteiger partial charge in [0.1, 0.15) is 18.2 Å². The lowest BCUT2D eigenvalue weighted by atomic mass is 10.0. The Bertz CT molecular complexity index is 1400. The number of nitrogen functional groups attached to an aromatic ring is 1. The van der Waals surface area contributed by atoms with Crippen LogP contribution in [0.4, 0.5) is 0 Å². The molecule has 0 aromatic heterocycles. The number of nitrogens with one attached hydrogen (secondary N) is 1. The first-order chi connectivity index (χ1) is 14.8. The first kappa shape index (κ1) is 20.6. The second-order valence-corrected chi connectivity index (χ2v) is 8.70. The molecule has 5 N–H and O–H groups in total. The predicted octanol–water partition coefficient (Wildman–Crippen LogP) is 4.02. The number of primary sulfonamides is 1. The standard InChI is InChI=1S/C24H21N3O3S/c25-24(26)19-11-10-17-9-8-16(12-20(17)13-19)15-30-21-5-3-4-18(14-21)22-6-1-2-7-23(22)31(27,28)29/h1-14H,15H2,(H3,25,26)(H2,27,28,29). The van der Waals surface area contributed by atoms with Crippen molar-refractivity contribution in [1.82, 2.24) is 0 Å². The Morgan fingerprint density at radius 2 is 1.65 bits per heavy atom. The highest BCUT2D eigenvalue weighted by atomic mass is 32.2. The molecule has 0 bridgehead atoms. The summed E-state index contributed by atoms with van der Waals surface area (Å²) in [5.74, 6) is 0.638. The third-order valence-corrected chi connectivity index (χ3v) is 5.93. The summed E-state index contributed by atoms with van der Waals surface area (Å²) in [7, 11) is -3.85. The van der Waals surface area contributed by atoms with E-state index in [1.807, 2.05) is 54.6 Å². The van der Waals surface area contributed by atoms with Crippen LogP contribution in [0, 0.1) is 5.41 Å². The molecule has 0 unspecified atom stereocenters. The lowest BCUT2D eigenvalue weighted by Gasteiger charge is -2.11. The Morgan fingerprint density at radius 3 is 2.42 bits per heavy atom. The van der Waals surface area contributed by atoms with Crippen LogP contribution in [0.1, 0.15) is 11.1 Å². The SMILES string of the molecule is N=C(N)c1ccc2ccc(COc3cccc(-c4ccccc4S(N)(=O)=O)c3)cc2c1.